The fourth-order valence-corrected chi connectivity index (χ4v) is 2.50. The second-order valence-electron chi connectivity index (χ2n) is 5.80. The third-order valence-corrected chi connectivity index (χ3v) is 3.74. The van der Waals surface area contributed by atoms with Crippen molar-refractivity contribution in [2.24, 2.45) is 0 Å². The summed E-state index contributed by atoms with van der Waals surface area (Å²) in [6, 6.07) is 8.74. The lowest BCUT2D eigenvalue weighted by Gasteiger charge is -2.17. The Bertz CT molecular complexity index is 655. The van der Waals surface area contributed by atoms with Crippen LogP contribution in [0, 0.1) is 6.92 Å². The minimum atomic E-state index is -0.737. The second kappa shape index (κ2) is 8.40. The van der Waals surface area contributed by atoms with Crippen molar-refractivity contribution in [1.82, 2.24) is 10.6 Å². The first-order valence-electron chi connectivity index (χ1n) is 7.89. The van der Waals surface area contributed by atoms with Gasteiger partial charge in [0.05, 0.1) is 13.4 Å². The van der Waals surface area contributed by atoms with Crippen LogP contribution in [0.15, 0.2) is 41.0 Å². The van der Waals surface area contributed by atoms with Gasteiger partial charge >= 0.3 is 6.03 Å². The summed E-state index contributed by atoms with van der Waals surface area (Å²) in [6.45, 7) is 4.22. The minimum Gasteiger partial charge on any atom is -0.496 e. The predicted molar refractivity (Wildman–Crippen MR) is 90.8 cm³/mol. The van der Waals surface area contributed by atoms with Crippen LogP contribution in [0.5, 0.6) is 5.75 Å². The van der Waals surface area contributed by atoms with Gasteiger partial charge in [-0.15, -0.1) is 0 Å². The van der Waals surface area contributed by atoms with Crippen LogP contribution in [-0.2, 0) is 6.54 Å². The van der Waals surface area contributed by atoms with E-state index in [0.717, 1.165) is 16.9 Å². The number of benzene rings is 1. The number of aliphatic hydroxyl groups is 1. The summed E-state index contributed by atoms with van der Waals surface area (Å²) in [4.78, 5) is 12.0. The Kier molecular flexibility index (Phi) is 6.26. The topological polar surface area (TPSA) is 83.7 Å². The van der Waals surface area contributed by atoms with Gasteiger partial charge in [0.2, 0.25) is 0 Å². The molecule has 1 heterocycles. The number of amides is 2. The zero-order valence-corrected chi connectivity index (χ0v) is 14.2. The number of methoxy groups -OCH3 is 1. The average Bonchev–Trinajstić information content (AvgIpc) is 3.07. The van der Waals surface area contributed by atoms with Gasteiger partial charge in [0.1, 0.15) is 17.6 Å². The van der Waals surface area contributed by atoms with Gasteiger partial charge in [-0.1, -0.05) is 12.1 Å². The molecule has 6 heteroatoms. The van der Waals surface area contributed by atoms with Crippen LogP contribution in [0.25, 0.3) is 0 Å². The molecule has 130 valence electrons. The number of ether oxygens (including phenoxy) is 1. The number of hydrogen-bond acceptors (Lipinski definition) is 4. The van der Waals surface area contributed by atoms with Gasteiger partial charge in [0.15, 0.2) is 0 Å². The van der Waals surface area contributed by atoms with E-state index in [2.05, 4.69) is 10.6 Å². The van der Waals surface area contributed by atoms with E-state index < -0.39 is 6.10 Å². The van der Waals surface area contributed by atoms with E-state index in [9.17, 15) is 9.90 Å². The molecule has 0 saturated carbocycles. The van der Waals surface area contributed by atoms with Crippen LogP contribution in [0.3, 0.4) is 0 Å². The number of urea groups is 1. The first-order valence-corrected chi connectivity index (χ1v) is 7.89. The summed E-state index contributed by atoms with van der Waals surface area (Å²) < 4.78 is 10.4. The molecule has 0 fully saturated rings. The second-order valence-corrected chi connectivity index (χ2v) is 5.80. The molecule has 0 aliphatic heterocycles. The smallest absolute Gasteiger partial charge is 0.315 e. The van der Waals surface area contributed by atoms with E-state index in [4.69, 9.17) is 9.15 Å². The molecule has 1 aromatic heterocycles. The zero-order valence-electron chi connectivity index (χ0n) is 14.2. The number of nitrogens with one attached hydrogen (secondary N) is 2. The van der Waals surface area contributed by atoms with Crippen molar-refractivity contribution in [2.75, 3.05) is 7.11 Å². The van der Waals surface area contributed by atoms with Crippen molar-refractivity contribution in [1.29, 1.82) is 0 Å². The van der Waals surface area contributed by atoms with Crippen molar-refractivity contribution in [3.8, 4) is 5.75 Å². The number of carbonyl (C=O) groups excluding carboxylic acids is 1. The Morgan fingerprint density at radius 1 is 1.38 bits per heavy atom. The molecular weight excluding hydrogens is 308 g/mol. The molecule has 2 aromatic rings. The number of carbonyl (C=O) groups is 1. The quantitative estimate of drug-likeness (QED) is 0.728. The molecule has 0 bridgehead atoms. The molecule has 6 nitrogen and oxygen atoms in total. The average molecular weight is 332 g/mol. The van der Waals surface area contributed by atoms with E-state index in [1.54, 1.807) is 19.2 Å². The van der Waals surface area contributed by atoms with Crippen LogP contribution < -0.4 is 15.4 Å². The van der Waals surface area contributed by atoms with Crippen LogP contribution in [0.2, 0.25) is 0 Å². The van der Waals surface area contributed by atoms with Crippen LogP contribution >= 0.6 is 0 Å². The third kappa shape index (κ3) is 5.03. The van der Waals surface area contributed by atoms with Crippen LogP contribution in [0.4, 0.5) is 4.79 Å². The van der Waals surface area contributed by atoms with E-state index in [1.165, 1.54) is 6.26 Å². The monoisotopic (exact) mass is 332 g/mol. The largest absolute Gasteiger partial charge is 0.496 e. The van der Waals surface area contributed by atoms with Crippen molar-refractivity contribution < 1.29 is 19.1 Å². The minimum absolute atomic E-state index is 0.192. The number of aliphatic hydroxyl groups excluding tert-OH is 1. The Labute approximate surface area is 141 Å². The summed E-state index contributed by atoms with van der Waals surface area (Å²) in [6.07, 6.45) is 1.16. The summed E-state index contributed by atoms with van der Waals surface area (Å²) in [5, 5.41) is 15.6. The van der Waals surface area contributed by atoms with E-state index >= 15 is 0 Å². The van der Waals surface area contributed by atoms with Crippen molar-refractivity contribution in [3.63, 3.8) is 0 Å². The molecule has 0 unspecified atom stereocenters. The molecule has 2 atom stereocenters. The Morgan fingerprint density at radius 3 is 2.79 bits per heavy atom. The highest BCUT2D eigenvalue weighted by molar-refractivity contribution is 5.74. The Hall–Kier alpha value is -2.47. The molecule has 0 aliphatic rings. The van der Waals surface area contributed by atoms with Crippen molar-refractivity contribution >= 4 is 6.03 Å². The van der Waals surface area contributed by atoms with E-state index in [0.29, 0.717) is 18.7 Å². The normalized spacial score (nSPS) is 13.2. The maximum atomic E-state index is 12.0. The maximum Gasteiger partial charge on any atom is 0.315 e. The van der Waals surface area contributed by atoms with Gasteiger partial charge in [-0.3, -0.25) is 0 Å². The highest BCUT2D eigenvalue weighted by atomic mass is 16.5. The lowest BCUT2D eigenvalue weighted by molar-refractivity contribution is 0.129. The van der Waals surface area contributed by atoms with Gasteiger partial charge in [-0.2, -0.15) is 0 Å². The summed E-state index contributed by atoms with van der Waals surface area (Å²) >= 11 is 0. The van der Waals surface area contributed by atoms with E-state index in [-0.39, 0.29) is 12.1 Å². The van der Waals surface area contributed by atoms with Crippen LogP contribution in [-0.4, -0.2) is 24.3 Å². The SMILES string of the molecule is COc1ccc(CNC(=O)N[C@H](C)C[C@@H](O)c2ccco2)cc1C. The lowest BCUT2D eigenvalue weighted by atomic mass is 10.1. The summed E-state index contributed by atoms with van der Waals surface area (Å²) in [7, 11) is 1.63. The molecule has 3 N–H and O–H groups in total. The highest BCUT2D eigenvalue weighted by Gasteiger charge is 2.16. The lowest BCUT2D eigenvalue weighted by Crippen LogP contribution is -2.41. The van der Waals surface area contributed by atoms with Gasteiger partial charge in [0, 0.05) is 19.0 Å². The Balaban J connectivity index is 1.77. The number of furan rings is 1. The Morgan fingerprint density at radius 2 is 2.17 bits per heavy atom. The molecule has 0 aliphatic carbocycles. The molecule has 2 amide bonds. The molecule has 2 rings (SSSR count). The summed E-state index contributed by atoms with van der Waals surface area (Å²) in [5.41, 5.74) is 2.01. The van der Waals surface area contributed by atoms with Gasteiger partial charge < -0.3 is 24.9 Å². The summed E-state index contributed by atoms with van der Waals surface area (Å²) in [5.74, 6) is 1.32. The van der Waals surface area contributed by atoms with Crippen molar-refractivity contribution in [2.45, 2.75) is 39.0 Å². The first-order chi connectivity index (χ1) is 11.5. The zero-order chi connectivity index (χ0) is 17.5. The fourth-order valence-electron chi connectivity index (χ4n) is 2.50. The molecule has 0 radical (unpaired) electrons. The van der Waals surface area contributed by atoms with Gasteiger partial charge in [0.25, 0.3) is 0 Å². The number of hydrogen-bond donors (Lipinski definition) is 3. The predicted octanol–water partition coefficient (Wildman–Crippen LogP) is 2.91. The first kappa shape index (κ1) is 17.9. The fraction of sp³-hybridized carbons (Fsp3) is 0.389. The molecule has 24 heavy (non-hydrogen) atoms. The molecule has 0 spiro atoms. The highest BCUT2D eigenvalue weighted by Crippen LogP contribution is 2.19. The third-order valence-electron chi connectivity index (χ3n) is 3.74. The molecule has 1 aromatic carbocycles. The van der Waals surface area contributed by atoms with Crippen LogP contribution in [0.1, 0.15) is 36.3 Å². The molecular formula is C18H24N2O4. The van der Waals surface area contributed by atoms with Gasteiger partial charge in [-0.25, -0.2) is 4.79 Å². The standard InChI is InChI=1S/C18H24N2O4/c1-12-9-14(6-7-16(12)23-3)11-19-18(22)20-13(2)10-15(21)17-5-4-8-24-17/h4-9,13,15,21H,10-11H2,1-3H3,(H2,19,20,22)/t13-,15-/m1/s1. The van der Waals surface area contributed by atoms with Gasteiger partial charge in [-0.05, 0) is 43.2 Å². The van der Waals surface area contributed by atoms with E-state index in [1.807, 2.05) is 32.0 Å². The van der Waals surface area contributed by atoms with Crippen molar-refractivity contribution in [3.05, 3.63) is 53.5 Å². The number of aryl methyl sites for hydroxylation is 1. The number of rotatable bonds is 7. The molecule has 0 saturated heterocycles. The maximum absolute atomic E-state index is 12.0.